The average Bonchev–Trinajstić information content (AvgIpc) is 3.08. The molecule has 3 aromatic rings. The average molecular weight is 360 g/mol. The van der Waals surface area contributed by atoms with Crippen molar-refractivity contribution in [3.05, 3.63) is 45.3 Å². The van der Waals surface area contributed by atoms with Gasteiger partial charge in [-0.25, -0.2) is 19.0 Å². The molecule has 0 saturated carbocycles. The Morgan fingerprint density at radius 1 is 1.28 bits per heavy atom. The molecule has 0 amide bonds. The maximum Gasteiger partial charge on any atom is 0.353 e. The number of carbonyl (C=O) groups is 1. The lowest BCUT2D eigenvalue weighted by Gasteiger charge is -2.10. The Morgan fingerprint density at radius 2 is 2.00 bits per heavy atom. The van der Waals surface area contributed by atoms with E-state index in [1.165, 1.54) is 30.3 Å². The highest BCUT2D eigenvalue weighted by molar-refractivity contribution is 7.15. The molecule has 8 nitrogen and oxygen atoms in total. The maximum atomic E-state index is 12.4. The smallest absolute Gasteiger partial charge is 0.353 e. The lowest BCUT2D eigenvalue weighted by molar-refractivity contribution is 0.102. The first-order valence-electron chi connectivity index (χ1n) is 7.38. The Morgan fingerprint density at radius 3 is 2.64 bits per heavy atom. The molecule has 130 valence electrons. The highest BCUT2D eigenvalue weighted by Crippen LogP contribution is 2.33. The van der Waals surface area contributed by atoms with Crippen molar-refractivity contribution in [2.75, 3.05) is 7.11 Å². The first-order chi connectivity index (χ1) is 11.9. The van der Waals surface area contributed by atoms with E-state index in [0.29, 0.717) is 27.2 Å². The molecule has 1 aromatic carbocycles. The Hall–Kier alpha value is -2.94. The normalized spacial score (nSPS) is 10.7. The Balaban J connectivity index is 2.07. The molecule has 0 aliphatic heterocycles. The van der Waals surface area contributed by atoms with Crippen LogP contribution in [0, 0.1) is 6.92 Å². The first kappa shape index (κ1) is 16.9. The van der Waals surface area contributed by atoms with Crippen molar-refractivity contribution in [1.29, 1.82) is 0 Å². The monoisotopic (exact) mass is 360 g/mol. The lowest BCUT2D eigenvalue weighted by atomic mass is 10.3. The van der Waals surface area contributed by atoms with Gasteiger partial charge in [-0.3, -0.25) is 4.79 Å². The van der Waals surface area contributed by atoms with Crippen LogP contribution in [0.1, 0.15) is 22.3 Å². The number of hydrogen-bond donors (Lipinski definition) is 0. The molecule has 2 aromatic heterocycles. The van der Waals surface area contributed by atoms with E-state index in [1.54, 1.807) is 31.2 Å². The largest absolute Gasteiger partial charge is 0.467 e. The number of ether oxygens (including phenoxy) is 2. The van der Waals surface area contributed by atoms with E-state index in [-0.39, 0.29) is 17.5 Å². The number of carbonyl (C=O) groups excluding carboxylic acids is 1. The first-order valence-corrected chi connectivity index (χ1v) is 8.19. The molecular formula is C16H16N4O4S. The number of aryl methyl sites for hydroxylation is 2. The fraction of sp³-hybridized carbons (Fsp3) is 0.250. The van der Waals surface area contributed by atoms with Gasteiger partial charge in [0.25, 0.3) is 5.19 Å². The van der Waals surface area contributed by atoms with Gasteiger partial charge >= 0.3 is 11.7 Å². The number of para-hydroxylation sites is 2. The molecule has 3 rings (SSSR count). The van der Waals surface area contributed by atoms with Crippen molar-refractivity contribution in [1.82, 2.24) is 19.3 Å². The maximum absolute atomic E-state index is 12.4. The van der Waals surface area contributed by atoms with Crippen molar-refractivity contribution in [2.45, 2.75) is 13.8 Å². The summed E-state index contributed by atoms with van der Waals surface area (Å²) < 4.78 is 13.5. The van der Waals surface area contributed by atoms with Crippen molar-refractivity contribution in [3.63, 3.8) is 0 Å². The summed E-state index contributed by atoms with van der Waals surface area (Å²) in [6.45, 7) is 3.24. The summed E-state index contributed by atoms with van der Waals surface area (Å²) >= 11 is 1.16. The topological polar surface area (TPSA) is 88.2 Å². The molecule has 0 bridgehead atoms. The highest BCUT2D eigenvalue weighted by Gasteiger charge is 2.19. The Kier molecular flexibility index (Phi) is 4.41. The van der Waals surface area contributed by atoms with E-state index in [2.05, 4.69) is 10.1 Å². The number of methoxy groups -OCH3 is 1. The number of thiazole rings is 1. The third-order valence-corrected chi connectivity index (χ3v) is 4.61. The number of aromatic nitrogens is 4. The van der Waals surface area contributed by atoms with Gasteiger partial charge in [0, 0.05) is 14.0 Å². The van der Waals surface area contributed by atoms with E-state index in [0.717, 1.165) is 11.3 Å². The molecule has 2 heterocycles. The van der Waals surface area contributed by atoms with Crippen LogP contribution in [-0.2, 0) is 7.05 Å². The van der Waals surface area contributed by atoms with Gasteiger partial charge in [-0.05, 0) is 19.1 Å². The molecule has 0 saturated heterocycles. The second-order valence-electron chi connectivity index (χ2n) is 5.25. The highest BCUT2D eigenvalue weighted by atomic mass is 32.1. The molecule has 0 spiro atoms. The fourth-order valence-electron chi connectivity index (χ4n) is 2.34. The molecule has 25 heavy (non-hydrogen) atoms. The van der Waals surface area contributed by atoms with E-state index in [1.807, 2.05) is 0 Å². The number of rotatable bonds is 5. The third kappa shape index (κ3) is 3.05. The summed E-state index contributed by atoms with van der Waals surface area (Å²) in [7, 11) is 2.97. The van der Waals surface area contributed by atoms with Crippen molar-refractivity contribution in [3.8, 4) is 22.6 Å². The SMILES string of the molecule is COc1nn(C)c(=O)n1-c1ccccc1Oc1nc(C)c(C(C)=O)s1. The molecule has 0 N–H and O–H groups in total. The van der Waals surface area contributed by atoms with Gasteiger partial charge in [0.15, 0.2) is 11.5 Å². The van der Waals surface area contributed by atoms with Gasteiger partial charge in [-0.15, -0.1) is 5.10 Å². The zero-order valence-corrected chi connectivity index (χ0v) is 15.0. The predicted molar refractivity (Wildman–Crippen MR) is 92.3 cm³/mol. The summed E-state index contributed by atoms with van der Waals surface area (Å²) in [6, 6.07) is 7.11. The number of hydrogen-bond acceptors (Lipinski definition) is 7. The minimum atomic E-state index is -0.368. The van der Waals surface area contributed by atoms with E-state index < -0.39 is 0 Å². The Bertz CT molecular complexity index is 1000. The summed E-state index contributed by atoms with van der Waals surface area (Å²) in [4.78, 5) is 28.8. The number of nitrogens with zero attached hydrogens (tertiary/aromatic N) is 4. The Labute approximate surface area is 147 Å². The minimum Gasteiger partial charge on any atom is -0.467 e. The molecule has 9 heteroatoms. The van der Waals surface area contributed by atoms with E-state index in [9.17, 15) is 9.59 Å². The zero-order chi connectivity index (χ0) is 18.1. The molecule has 0 aliphatic rings. The van der Waals surface area contributed by atoms with Crippen molar-refractivity contribution < 1.29 is 14.3 Å². The van der Waals surface area contributed by atoms with Gasteiger partial charge < -0.3 is 9.47 Å². The fourth-order valence-corrected chi connectivity index (χ4v) is 3.17. The van der Waals surface area contributed by atoms with Gasteiger partial charge in [0.1, 0.15) is 0 Å². The van der Waals surface area contributed by atoms with Crippen molar-refractivity contribution >= 4 is 17.1 Å². The van der Waals surface area contributed by atoms with Gasteiger partial charge in [-0.1, -0.05) is 23.5 Å². The van der Waals surface area contributed by atoms with E-state index in [4.69, 9.17) is 9.47 Å². The van der Waals surface area contributed by atoms with Crippen LogP contribution in [-0.4, -0.2) is 32.2 Å². The van der Waals surface area contributed by atoms with Gasteiger partial charge in [-0.2, -0.15) is 0 Å². The quantitative estimate of drug-likeness (QED) is 0.649. The van der Waals surface area contributed by atoms with Crippen LogP contribution in [0.15, 0.2) is 29.1 Å². The second-order valence-corrected chi connectivity index (χ2v) is 6.21. The van der Waals surface area contributed by atoms with Gasteiger partial charge in [0.2, 0.25) is 0 Å². The molecule has 0 unspecified atom stereocenters. The molecule has 0 radical (unpaired) electrons. The molecule has 0 fully saturated rings. The third-order valence-electron chi connectivity index (χ3n) is 3.48. The van der Waals surface area contributed by atoms with Crippen LogP contribution in [0.4, 0.5) is 0 Å². The number of benzene rings is 1. The summed E-state index contributed by atoms with van der Waals surface area (Å²) in [6.07, 6.45) is 0. The summed E-state index contributed by atoms with van der Waals surface area (Å²) in [5.41, 5.74) is 0.712. The second kappa shape index (κ2) is 6.52. The minimum absolute atomic E-state index is 0.0664. The predicted octanol–water partition coefficient (Wildman–Crippen LogP) is 2.34. The van der Waals surface area contributed by atoms with Crippen LogP contribution in [0.2, 0.25) is 0 Å². The van der Waals surface area contributed by atoms with Crippen LogP contribution in [0.25, 0.3) is 5.69 Å². The molecular weight excluding hydrogens is 344 g/mol. The molecule has 0 aliphatic carbocycles. The molecule has 0 atom stereocenters. The zero-order valence-electron chi connectivity index (χ0n) is 14.1. The van der Waals surface area contributed by atoms with Crippen LogP contribution < -0.4 is 15.2 Å². The number of ketones is 1. The van der Waals surface area contributed by atoms with Crippen LogP contribution in [0.3, 0.4) is 0 Å². The van der Waals surface area contributed by atoms with Gasteiger partial charge in [0.05, 0.1) is 23.4 Å². The summed E-state index contributed by atoms with van der Waals surface area (Å²) in [5.74, 6) is 0.336. The van der Waals surface area contributed by atoms with Crippen LogP contribution in [0.5, 0.6) is 17.0 Å². The van der Waals surface area contributed by atoms with E-state index >= 15 is 0 Å². The standard InChI is InChI=1S/C16H16N4O4S/c1-9-13(10(2)21)25-15(17-9)24-12-8-6-5-7-11(12)20-14(23-4)18-19(3)16(20)22/h5-8H,1-4H3. The lowest BCUT2D eigenvalue weighted by Crippen LogP contribution is -2.22. The van der Waals surface area contributed by atoms with Crippen molar-refractivity contribution in [2.24, 2.45) is 7.05 Å². The number of Topliss-reactive ketones (excluding diaryl/α,β-unsaturated/α-hetero) is 1. The summed E-state index contributed by atoms with van der Waals surface area (Å²) in [5, 5.41) is 4.35. The van der Waals surface area contributed by atoms with Crippen LogP contribution >= 0.6 is 11.3 Å².